The van der Waals surface area contributed by atoms with Gasteiger partial charge in [0.05, 0.1) is 5.56 Å². The molecule has 2 heterocycles. The second-order valence-electron chi connectivity index (χ2n) is 5.59. The van der Waals surface area contributed by atoms with Gasteiger partial charge in [-0.2, -0.15) is 17.7 Å². The van der Waals surface area contributed by atoms with E-state index in [1.807, 2.05) is 6.07 Å². The zero-order valence-corrected chi connectivity index (χ0v) is 14.2. The Morgan fingerprint density at radius 1 is 0.926 bits per heavy atom. The van der Waals surface area contributed by atoms with Crippen molar-refractivity contribution in [2.24, 2.45) is 0 Å². The van der Waals surface area contributed by atoms with Crippen LogP contribution in [0.4, 0.5) is 13.2 Å². The lowest BCUT2D eigenvalue weighted by atomic mass is 10.0. The lowest BCUT2D eigenvalue weighted by molar-refractivity contribution is -0.137. The highest BCUT2D eigenvalue weighted by atomic mass is 35.5. The largest absolute Gasteiger partial charge is 0.437 e. The van der Waals surface area contributed by atoms with E-state index in [0.29, 0.717) is 16.8 Å². The first-order valence-electron chi connectivity index (χ1n) is 7.74. The van der Waals surface area contributed by atoms with Crippen molar-refractivity contribution in [3.8, 4) is 22.8 Å². The molecule has 136 valence electrons. The molecule has 0 bridgehead atoms. The Bertz CT molecular complexity index is 1110. The van der Waals surface area contributed by atoms with E-state index in [0.717, 1.165) is 12.1 Å². The van der Waals surface area contributed by atoms with Gasteiger partial charge in [-0.05, 0) is 35.4 Å². The number of halogens is 4. The summed E-state index contributed by atoms with van der Waals surface area (Å²) < 4.78 is 46.4. The van der Waals surface area contributed by atoms with Gasteiger partial charge in [0.2, 0.25) is 11.2 Å². The van der Waals surface area contributed by atoms with Crippen LogP contribution < -0.4 is 4.74 Å². The van der Waals surface area contributed by atoms with Crippen molar-refractivity contribution in [3.05, 3.63) is 71.5 Å². The Kier molecular flexibility index (Phi) is 4.19. The van der Waals surface area contributed by atoms with Crippen molar-refractivity contribution < 1.29 is 17.9 Å². The minimum absolute atomic E-state index is 0.0165. The highest BCUT2D eigenvalue weighted by Crippen LogP contribution is 2.38. The fourth-order valence-electron chi connectivity index (χ4n) is 2.55. The number of rotatable bonds is 3. The zero-order valence-electron chi connectivity index (χ0n) is 13.5. The minimum atomic E-state index is -4.50. The van der Waals surface area contributed by atoms with Gasteiger partial charge in [0.25, 0.3) is 0 Å². The number of aromatic nitrogens is 4. The predicted molar refractivity (Wildman–Crippen MR) is 92.7 cm³/mol. The van der Waals surface area contributed by atoms with Gasteiger partial charge >= 0.3 is 6.18 Å². The average molecular weight is 391 g/mol. The van der Waals surface area contributed by atoms with E-state index in [-0.39, 0.29) is 16.9 Å². The van der Waals surface area contributed by atoms with Crippen LogP contribution in [-0.2, 0) is 6.18 Å². The normalized spacial score (nSPS) is 11.7. The van der Waals surface area contributed by atoms with Crippen molar-refractivity contribution >= 4 is 17.2 Å². The van der Waals surface area contributed by atoms with E-state index in [1.54, 1.807) is 30.3 Å². The molecule has 2 aromatic heterocycles. The van der Waals surface area contributed by atoms with Gasteiger partial charge in [-0.1, -0.05) is 36.4 Å². The van der Waals surface area contributed by atoms with Crippen molar-refractivity contribution in [2.75, 3.05) is 0 Å². The highest BCUT2D eigenvalue weighted by molar-refractivity contribution is 6.28. The van der Waals surface area contributed by atoms with Crippen LogP contribution in [0, 0.1) is 0 Å². The van der Waals surface area contributed by atoms with Crippen LogP contribution in [0.15, 0.2) is 60.7 Å². The monoisotopic (exact) mass is 390 g/mol. The third kappa shape index (κ3) is 3.43. The Morgan fingerprint density at radius 3 is 2.44 bits per heavy atom. The predicted octanol–water partition coefficient (Wildman–Crippen LogP) is 5.26. The van der Waals surface area contributed by atoms with Crippen LogP contribution in [-0.4, -0.2) is 19.8 Å². The van der Waals surface area contributed by atoms with E-state index in [1.165, 1.54) is 16.6 Å². The molecular weight excluding hydrogens is 381 g/mol. The maximum absolute atomic E-state index is 13.2. The van der Waals surface area contributed by atoms with Gasteiger partial charge in [0.1, 0.15) is 5.75 Å². The van der Waals surface area contributed by atoms with Crippen LogP contribution in [0.2, 0.25) is 5.28 Å². The lowest BCUT2D eigenvalue weighted by Crippen LogP contribution is -2.05. The number of hydrogen-bond donors (Lipinski definition) is 0. The summed E-state index contributed by atoms with van der Waals surface area (Å²) in [5.41, 5.74) is 0.783. The third-order valence-electron chi connectivity index (χ3n) is 3.81. The summed E-state index contributed by atoms with van der Waals surface area (Å²) in [6, 6.07) is 15.3. The molecule has 0 amide bonds. The Balaban J connectivity index is 1.81. The summed E-state index contributed by atoms with van der Waals surface area (Å²) in [4.78, 5) is 0. The molecule has 0 atom stereocenters. The zero-order chi connectivity index (χ0) is 19.0. The fraction of sp³-hybridized carbons (Fsp3) is 0.0556. The lowest BCUT2D eigenvalue weighted by Gasteiger charge is -2.14. The number of benzene rings is 2. The number of nitrogens with zero attached hydrogens (tertiary/aromatic N) is 4. The molecule has 0 unspecified atom stereocenters. The van der Waals surface area contributed by atoms with E-state index in [9.17, 15) is 13.2 Å². The van der Waals surface area contributed by atoms with Crippen molar-refractivity contribution in [2.45, 2.75) is 6.18 Å². The summed E-state index contributed by atoms with van der Waals surface area (Å²) in [5, 5.41) is 11.6. The maximum Gasteiger partial charge on any atom is 0.416 e. The molecule has 0 saturated heterocycles. The molecule has 0 spiro atoms. The van der Waals surface area contributed by atoms with Gasteiger partial charge in [-0.25, -0.2) is 0 Å². The Morgan fingerprint density at radius 2 is 1.70 bits per heavy atom. The molecule has 0 fully saturated rings. The molecule has 0 saturated carbocycles. The molecule has 0 N–H and O–H groups in total. The molecule has 27 heavy (non-hydrogen) atoms. The summed E-state index contributed by atoms with van der Waals surface area (Å²) >= 11 is 5.88. The first-order valence-corrected chi connectivity index (χ1v) is 8.12. The Hall–Kier alpha value is -3.13. The standard InChI is InChI=1S/C18H10ClF3N4O/c19-17-24-23-15-8-9-16(25-26(15)17)27-14-10-12(18(20,21)22)6-7-13(14)11-4-2-1-3-5-11/h1-10H. The van der Waals surface area contributed by atoms with E-state index in [2.05, 4.69) is 15.3 Å². The van der Waals surface area contributed by atoms with Gasteiger partial charge < -0.3 is 4.74 Å². The third-order valence-corrected chi connectivity index (χ3v) is 4.04. The van der Waals surface area contributed by atoms with Crippen molar-refractivity contribution in [3.63, 3.8) is 0 Å². The molecule has 0 radical (unpaired) electrons. The first kappa shape index (κ1) is 17.3. The molecular formula is C18H10ClF3N4O. The van der Waals surface area contributed by atoms with Crippen LogP contribution in [0.5, 0.6) is 11.6 Å². The van der Waals surface area contributed by atoms with E-state index >= 15 is 0 Å². The molecule has 0 aliphatic carbocycles. The van der Waals surface area contributed by atoms with Gasteiger partial charge in [-0.15, -0.1) is 15.3 Å². The molecule has 4 aromatic rings. The topological polar surface area (TPSA) is 52.3 Å². The second-order valence-corrected chi connectivity index (χ2v) is 5.93. The van der Waals surface area contributed by atoms with Crippen molar-refractivity contribution in [1.82, 2.24) is 19.8 Å². The van der Waals surface area contributed by atoms with Crippen LogP contribution in [0.25, 0.3) is 16.8 Å². The highest BCUT2D eigenvalue weighted by Gasteiger charge is 2.31. The molecule has 0 aliphatic rings. The molecule has 4 rings (SSSR count). The number of hydrogen-bond acceptors (Lipinski definition) is 4. The molecule has 0 aliphatic heterocycles. The first-order chi connectivity index (χ1) is 12.9. The molecule has 2 aromatic carbocycles. The summed E-state index contributed by atoms with van der Waals surface area (Å²) in [7, 11) is 0. The molecule has 5 nitrogen and oxygen atoms in total. The van der Waals surface area contributed by atoms with Crippen LogP contribution >= 0.6 is 11.6 Å². The van der Waals surface area contributed by atoms with Crippen LogP contribution in [0.3, 0.4) is 0 Å². The average Bonchev–Trinajstić information content (AvgIpc) is 3.02. The van der Waals surface area contributed by atoms with Crippen molar-refractivity contribution in [1.29, 1.82) is 0 Å². The minimum Gasteiger partial charge on any atom is -0.437 e. The van der Waals surface area contributed by atoms with Gasteiger partial charge in [0, 0.05) is 11.6 Å². The van der Waals surface area contributed by atoms with Gasteiger partial charge in [-0.3, -0.25) is 0 Å². The number of alkyl halides is 3. The summed E-state index contributed by atoms with van der Waals surface area (Å²) in [6.45, 7) is 0. The maximum atomic E-state index is 13.2. The molecule has 9 heteroatoms. The summed E-state index contributed by atoms with van der Waals surface area (Å²) in [5.74, 6) is 0.0766. The quantitative estimate of drug-likeness (QED) is 0.479. The number of fused-ring (bicyclic) bond motifs is 1. The second kappa shape index (κ2) is 6.55. The fourth-order valence-corrected chi connectivity index (χ4v) is 2.71. The summed E-state index contributed by atoms with van der Waals surface area (Å²) in [6.07, 6.45) is -4.50. The van der Waals surface area contributed by atoms with E-state index in [4.69, 9.17) is 16.3 Å². The van der Waals surface area contributed by atoms with Crippen LogP contribution in [0.1, 0.15) is 5.56 Å². The SMILES string of the molecule is FC(F)(F)c1ccc(-c2ccccc2)c(Oc2ccc3nnc(Cl)n3n2)c1. The number of ether oxygens (including phenoxy) is 1. The smallest absolute Gasteiger partial charge is 0.416 e. The van der Waals surface area contributed by atoms with Gasteiger partial charge in [0.15, 0.2) is 5.65 Å². The van der Waals surface area contributed by atoms with E-state index < -0.39 is 11.7 Å². The Labute approximate surface area is 156 Å².